The molecule has 0 spiro atoms. The SMILES string of the molecule is CCOC(=O)CC(O)CNCCCCCSC. The summed E-state index contributed by atoms with van der Waals surface area (Å²) in [6.45, 7) is 3.49. The summed E-state index contributed by atoms with van der Waals surface area (Å²) in [4.78, 5) is 11.0. The van der Waals surface area contributed by atoms with E-state index in [2.05, 4.69) is 11.6 Å². The Bertz CT molecular complexity index is 191. The van der Waals surface area contributed by atoms with E-state index < -0.39 is 6.10 Å². The molecule has 0 aromatic carbocycles. The molecule has 1 atom stereocenters. The van der Waals surface area contributed by atoms with E-state index >= 15 is 0 Å². The van der Waals surface area contributed by atoms with Gasteiger partial charge in [0.05, 0.1) is 19.1 Å². The van der Waals surface area contributed by atoms with Gasteiger partial charge in [0.1, 0.15) is 0 Å². The van der Waals surface area contributed by atoms with Crippen molar-refractivity contribution in [1.29, 1.82) is 0 Å². The molecule has 0 saturated heterocycles. The van der Waals surface area contributed by atoms with Gasteiger partial charge in [0.2, 0.25) is 0 Å². The van der Waals surface area contributed by atoms with Gasteiger partial charge in [-0.15, -0.1) is 0 Å². The highest BCUT2D eigenvalue weighted by atomic mass is 32.2. The second kappa shape index (κ2) is 12.2. The number of nitrogens with one attached hydrogen (secondary N) is 1. The van der Waals surface area contributed by atoms with E-state index in [-0.39, 0.29) is 12.4 Å². The summed E-state index contributed by atoms with van der Waals surface area (Å²) in [5, 5.41) is 12.7. The quantitative estimate of drug-likeness (QED) is 0.436. The van der Waals surface area contributed by atoms with Gasteiger partial charge < -0.3 is 15.2 Å². The van der Waals surface area contributed by atoms with Gasteiger partial charge in [0.25, 0.3) is 0 Å². The lowest BCUT2D eigenvalue weighted by Gasteiger charge is -2.10. The fourth-order valence-corrected chi connectivity index (χ4v) is 1.92. The van der Waals surface area contributed by atoms with Gasteiger partial charge in [-0.05, 0) is 38.3 Å². The largest absolute Gasteiger partial charge is 0.466 e. The van der Waals surface area contributed by atoms with Crippen LogP contribution in [-0.2, 0) is 9.53 Å². The number of thioether (sulfide) groups is 1. The summed E-state index contributed by atoms with van der Waals surface area (Å²) in [7, 11) is 0. The van der Waals surface area contributed by atoms with Crippen LogP contribution in [0.1, 0.15) is 32.6 Å². The van der Waals surface area contributed by atoms with Gasteiger partial charge >= 0.3 is 5.97 Å². The van der Waals surface area contributed by atoms with Crippen LogP contribution in [0, 0.1) is 0 Å². The molecule has 5 heteroatoms. The highest BCUT2D eigenvalue weighted by Crippen LogP contribution is 2.01. The summed E-state index contributed by atoms with van der Waals surface area (Å²) in [6, 6.07) is 0. The van der Waals surface area contributed by atoms with Gasteiger partial charge in [-0.2, -0.15) is 11.8 Å². The van der Waals surface area contributed by atoms with Gasteiger partial charge in [-0.25, -0.2) is 0 Å². The molecule has 1 unspecified atom stereocenters. The number of unbranched alkanes of at least 4 members (excludes halogenated alkanes) is 2. The fourth-order valence-electron chi connectivity index (χ4n) is 1.43. The monoisotopic (exact) mass is 263 g/mol. The summed E-state index contributed by atoms with van der Waals surface area (Å²) in [5.41, 5.74) is 0. The number of hydrogen-bond donors (Lipinski definition) is 2. The van der Waals surface area contributed by atoms with Crippen molar-refractivity contribution in [3.63, 3.8) is 0 Å². The Morgan fingerprint density at radius 2 is 2.18 bits per heavy atom. The van der Waals surface area contributed by atoms with Crippen molar-refractivity contribution < 1.29 is 14.6 Å². The van der Waals surface area contributed by atoms with E-state index in [4.69, 9.17) is 4.74 Å². The molecular formula is C12H25NO3S. The van der Waals surface area contributed by atoms with Crippen LogP contribution in [0.25, 0.3) is 0 Å². The lowest BCUT2D eigenvalue weighted by molar-refractivity contribution is -0.145. The fraction of sp³-hybridized carbons (Fsp3) is 0.917. The van der Waals surface area contributed by atoms with E-state index in [9.17, 15) is 9.90 Å². The number of aliphatic hydroxyl groups excluding tert-OH is 1. The van der Waals surface area contributed by atoms with E-state index in [0.717, 1.165) is 13.0 Å². The molecule has 0 heterocycles. The highest BCUT2D eigenvalue weighted by molar-refractivity contribution is 7.98. The topological polar surface area (TPSA) is 58.6 Å². The van der Waals surface area contributed by atoms with Crippen molar-refractivity contribution in [2.75, 3.05) is 31.7 Å². The number of carbonyl (C=O) groups excluding carboxylic acids is 1. The van der Waals surface area contributed by atoms with E-state index in [1.807, 2.05) is 11.8 Å². The molecule has 0 aromatic rings. The first-order chi connectivity index (χ1) is 8.20. The lowest BCUT2D eigenvalue weighted by Crippen LogP contribution is -2.29. The Morgan fingerprint density at radius 1 is 1.41 bits per heavy atom. The number of esters is 1. The zero-order chi connectivity index (χ0) is 12.9. The number of rotatable bonds is 11. The van der Waals surface area contributed by atoms with Crippen molar-refractivity contribution >= 4 is 17.7 Å². The lowest BCUT2D eigenvalue weighted by atomic mass is 10.2. The molecule has 0 aliphatic heterocycles. The second-order valence-electron chi connectivity index (χ2n) is 3.92. The average Bonchev–Trinajstić information content (AvgIpc) is 2.28. The highest BCUT2D eigenvalue weighted by Gasteiger charge is 2.10. The maximum absolute atomic E-state index is 11.0. The zero-order valence-electron chi connectivity index (χ0n) is 10.9. The Morgan fingerprint density at radius 3 is 2.82 bits per heavy atom. The van der Waals surface area contributed by atoms with Gasteiger partial charge in [0, 0.05) is 6.54 Å². The first-order valence-corrected chi connectivity index (χ1v) is 7.63. The third-order valence-corrected chi connectivity index (χ3v) is 2.99. The van der Waals surface area contributed by atoms with E-state index in [1.54, 1.807) is 6.92 Å². The number of aliphatic hydroxyl groups is 1. The van der Waals surface area contributed by atoms with Crippen molar-refractivity contribution in [3.05, 3.63) is 0 Å². The third-order valence-electron chi connectivity index (χ3n) is 2.29. The van der Waals surface area contributed by atoms with E-state index in [1.165, 1.54) is 18.6 Å². The Balaban J connectivity index is 3.27. The molecule has 0 rings (SSSR count). The van der Waals surface area contributed by atoms with E-state index in [0.29, 0.717) is 13.2 Å². The normalized spacial score (nSPS) is 12.4. The van der Waals surface area contributed by atoms with Crippen LogP contribution in [0.5, 0.6) is 0 Å². The molecule has 0 aliphatic carbocycles. The summed E-state index contributed by atoms with van der Waals surface area (Å²) < 4.78 is 4.76. The van der Waals surface area contributed by atoms with Gasteiger partial charge in [-0.1, -0.05) is 6.42 Å². The molecule has 4 nitrogen and oxygen atoms in total. The van der Waals surface area contributed by atoms with Crippen LogP contribution in [0.4, 0.5) is 0 Å². The van der Waals surface area contributed by atoms with Gasteiger partial charge in [0.15, 0.2) is 0 Å². The smallest absolute Gasteiger partial charge is 0.308 e. The summed E-state index contributed by atoms with van der Waals surface area (Å²) >= 11 is 1.87. The van der Waals surface area contributed by atoms with Gasteiger partial charge in [-0.3, -0.25) is 4.79 Å². The van der Waals surface area contributed by atoms with Crippen molar-refractivity contribution in [2.45, 2.75) is 38.7 Å². The molecule has 0 radical (unpaired) electrons. The molecule has 0 fully saturated rings. The zero-order valence-corrected chi connectivity index (χ0v) is 11.7. The molecule has 0 amide bonds. The standard InChI is InChI=1S/C12H25NO3S/c1-3-16-12(15)9-11(14)10-13-7-5-4-6-8-17-2/h11,13-14H,3-10H2,1-2H3. The van der Waals surface area contributed by atoms with Crippen molar-refractivity contribution in [1.82, 2.24) is 5.32 Å². The summed E-state index contributed by atoms with van der Waals surface area (Å²) in [6.07, 6.45) is 5.13. The molecule has 102 valence electrons. The molecule has 0 bridgehead atoms. The maximum atomic E-state index is 11.0. The average molecular weight is 263 g/mol. The number of hydrogen-bond acceptors (Lipinski definition) is 5. The van der Waals surface area contributed by atoms with Crippen molar-refractivity contribution in [2.24, 2.45) is 0 Å². The van der Waals surface area contributed by atoms with Crippen LogP contribution in [0.15, 0.2) is 0 Å². The van der Waals surface area contributed by atoms with Crippen LogP contribution in [0.2, 0.25) is 0 Å². The minimum absolute atomic E-state index is 0.0767. The number of carbonyl (C=O) groups is 1. The van der Waals surface area contributed by atoms with Crippen molar-refractivity contribution in [3.8, 4) is 0 Å². The molecule has 0 aromatic heterocycles. The summed E-state index contributed by atoms with van der Waals surface area (Å²) in [5.74, 6) is 0.882. The second-order valence-corrected chi connectivity index (χ2v) is 4.91. The van der Waals surface area contributed by atoms with Crippen LogP contribution in [0.3, 0.4) is 0 Å². The molecular weight excluding hydrogens is 238 g/mol. The first kappa shape index (κ1) is 16.7. The Hall–Kier alpha value is -0.260. The molecule has 17 heavy (non-hydrogen) atoms. The number of ether oxygens (including phenoxy) is 1. The minimum Gasteiger partial charge on any atom is -0.466 e. The maximum Gasteiger partial charge on any atom is 0.308 e. The molecule has 0 aliphatic rings. The predicted octanol–water partition coefficient (Wildman–Crippen LogP) is 1.42. The first-order valence-electron chi connectivity index (χ1n) is 6.24. The van der Waals surface area contributed by atoms with Crippen LogP contribution in [-0.4, -0.2) is 48.9 Å². The Labute approximate surface area is 108 Å². The minimum atomic E-state index is -0.639. The van der Waals surface area contributed by atoms with Crippen LogP contribution < -0.4 is 5.32 Å². The third kappa shape index (κ3) is 12.0. The Kier molecular flexibility index (Phi) is 12.0. The van der Waals surface area contributed by atoms with Crippen LogP contribution >= 0.6 is 11.8 Å². The predicted molar refractivity (Wildman–Crippen MR) is 72.4 cm³/mol. The molecule has 2 N–H and O–H groups in total. The molecule has 0 saturated carbocycles.